The van der Waals surface area contributed by atoms with E-state index in [4.69, 9.17) is 4.74 Å². The van der Waals surface area contributed by atoms with Crippen molar-refractivity contribution in [3.05, 3.63) is 45.8 Å². The lowest BCUT2D eigenvalue weighted by Gasteiger charge is -2.20. The van der Waals surface area contributed by atoms with Gasteiger partial charge in [-0.25, -0.2) is 0 Å². The molecule has 3 rings (SSSR count). The van der Waals surface area contributed by atoms with Crippen LogP contribution in [-0.4, -0.2) is 12.0 Å². The number of amides is 1. The summed E-state index contributed by atoms with van der Waals surface area (Å²) in [7, 11) is 0. The molecule has 2 atom stereocenters. The molecule has 0 aliphatic heterocycles. The molecule has 4 nitrogen and oxygen atoms in total. The van der Waals surface area contributed by atoms with Crippen LogP contribution in [0.5, 0.6) is 5.75 Å². The average Bonchev–Trinajstić information content (AvgIpc) is 3.04. The van der Waals surface area contributed by atoms with Crippen molar-refractivity contribution in [1.29, 1.82) is 5.26 Å². The number of ether oxygens (including phenoxy) is 1. The molecule has 0 spiro atoms. The molecule has 1 aliphatic carbocycles. The number of nitrogens with one attached hydrogen (secondary N) is 1. The molecule has 0 radical (unpaired) electrons. The maximum absolute atomic E-state index is 12.6. The number of nitrogens with zero attached hydrogens (tertiary/aromatic N) is 1. The Hall–Kier alpha value is -2.32. The van der Waals surface area contributed by atoms with Crippen molar-refractivity contribution in [2.24, 2.45) is 5.92 Å². The van der Waals surface area contributed by atoms with Gasteiger partial charge in [0.15, 0.2) is 6.10 Å². The average molecular weight is 383 g/mol. The Morgan fingerprint density at radius 1 is 1.37 bits per heavy atom. The monoisotopic (exact) mass is 382 g/mol. The first-order chi connectivity index (χ1) is 13.0. The Bertz CT molecular complexity index is 848. The van der Waals surface area contributed by atoms with Crippen LogP contribution >= 0.6 is 11.3 Å². The number of hydrogen-bond donors (Lipinski definition) is 1. The summed E-state index contributed by atoms with van der Waals surface area (Å²) in [5.41, 5.74) is 3.00. The number of carbonyl (C=O) groups is 1. The van der Waals surface area contributed by atoms with Crippen LogP contribution in [0.4, 0.5) is 5.00 Å². The maximum atomic E-state index is 12.6. The van der Waals surface area contributed by atoms with Crippen LogP contribution in [-0.2, 0) is 24.1 Å². The number of benzene rings is 1. The van der Waals surface area contributed by atoms with E-state index in [1.807, 2.05) is 24.3 Å². The van der Waals surface area contributed by atoms with Crippen LogP contribution in [0.3, 0.4) is 0 Å². The topological polar surface area (TPSA) is 62.1 Å². The fourth-order valence-corrected chi connectivity index (χ4v) is 4.80. The van der Waals surface area contributed by atoms with E-state index in [-0.39, 0.29) is 5.91 Å². The molecule has 1 aromatic carbocycles. The number of anilines is 1. The summed E-state index contributed by atoms with van der Waals surface area (Å²) in [6, 6.07) is 10.1. The highest BCUT2D eigenvalue weighted by molar-refractivity contribution is 7.16. The first-order valence-electron chi connectivity index (χ1n) is 9.66. The van der Waals surface area contributed by atoms with Gasteiger partial charge < -0.3 is 10.1 Å². The molecule has 2 aromatic rings. The van der Waals surface area contributed by atoms with Crippen LogP contribution < -0.4 is 10.1 Å². The molecular formula is C22H26N2O2S. The summed E-state index contributed by atoms with van der Waals surface area (Å²) in [4.78, 5) is 13.9. The van der Waals surface area contributed by atoms with Gasteiger partial charge in [-0.05, 0) is 61.8 Å². The zero-order valence-electron chi connectivity index (χ0n) is 16.2. The smallest absolute Gasteiger partial charge is 0.265 e. The van der Waals surface area contributed by atoms with E-state index in [1.165, 1.54) is 10.4 Å². The summed E-state index contributed by atoms with van der Waals surface area (Å²) in [5, 5.41) is 13.2. The van der Waals surface area contributed by atoms with E-state index in [0.717, 1.165) is 37.7 Å². The molecule has 0 unspecified atom stereocenters. The summed E-state index contributed by atoms with van der Waals surface area (Å²) in [6.07, 6.45) is 4.55. The second-order valence-corrected chi connectivity index (χ2v) is 8.19. The highest BCUT2D eigenvalue weighted by atomic mass is 32.1. The first-order valence-corrected chi connectivity index (χ1v) is 10.5. The number of aryl methyl sites for hydroxylation is 1. The van der Waals surface area contributed by atoms with Gasteiger partial charge in [0.25, 0.3) is 5.91 Å². The second-order valence-electron chi connectivity index (χ2n) is 7.08. The van der Waals surface area contributed by atoms with Crippen molar-refractivity contribution in [3.63, 3.8) is 0 Å². The predicted octanol–water partition coefficient (Wildman–Crippen LogP) is 5.10. The molecule has 1 aromatic heterocycles. The SMILES string of the molecule is CCc1ccc(O[C@@H](C)C(=O)Nc2sc3c(c2C#N)CC[C@H](CC)C3)cc1. The van der Waals surface area contributed by atoms with Crippen LogP contribution in [0.15, 0.2) is 24.3 Å². The predicted molar refractivity (Wildman–Crippen MR) is 109 cm³/mol. The summed E-state index contributed by atoms with van der Waals surface area (Å²) < 4.78 is 5.77. The van der Waals surface area contributed by atoms with Gasteiger partial charge in [0.1, 0.15) is 16.8 Å². The normalized spacial score (nSPS) is 16.9. The third-order valence-corrected chi connectivity index (χ3v) is 6.48. The molecular weight excluding hydrogens is 356 g/mol. The number of hydrogen-bond acceptors (Lipinski definition) is 4. The lowest BCUT2D eigenvalue weighted by atomic mass is 9.86. The molecule has 0 fully saturated rings. The van der Waals surface area contributed by atoms with Crippen molar-refractivity contribution in [2.75, 3.05) is 5.32 Å². The standard InChI is InChI=1S/C22H26N2O2S/c1-4-15-6-9-17(10-7-15)26-14(3)21(25)24-22-19(13-23)18-11-8-16(5-2)12-20(18)27-22/h6-7,9-10,14,16H,4-5,8,11-12H2,1-3H3,(H,24,25)/t14-,16-/m0/s1. The summed E-state index contributed by atoms with van der Waals surface area (Å²) in [6.45, 7) is 6.04. The van der Waals surface area contributed by atoms with Crippen LogP contribution in [0.2, 0.25) is 0 Å². The van der Waals surface area contributed by atoms with Crippen LogP contribution in [0.25, 0.3) is 0 Å². The van der Waals surface area contributed by atoms with Gasteiger partial charge in [-0.3, -0.25) is 4.79 Å². The molecule has 1 N–H and O–H groups in total. The Morgan fingerprint density at radius 2 is 2.11 bits per heavy atom. The van der Waals surface area contributed by atoms with Gasteiger partial charge in [-0.1, -0.05) is 32.4 Å². The molecule has 0 saturated heterocycles. The fraction of sp³-hybridized carbons (Fsp3) is 0.455. The molecule has 0 saturated carbocycles. The van der Waals surface area contributed by atoms with Gasteiger partial charge >= 0.3 is 0 Å². The Morgan fingerprint density at radius 3 is 2.74 bits per heavy atom. The zero-order valence-corrected chi connectivity index (χ0v) is 17.0. The van der Waals surface area contributed by atoms with Gasteiger partial charge in [0.05, 0.1) is 5.56 Å². The second kappa shape index (κ2) is 8.58. The van der Waals surface area contributed by atoms with E-state index in [9.17, 15) is 10.1 Å². The Labute approximate surface area is 165 Å². The molecule has 27 heavy (non-hydrogen) atoms. The molecule has 1 amide bonds. The third-order valence-electron chi connectivity index (χ3n) is 5.31. The van der Waals surface area contributed by atoms with E-state index >= 15 is 0 Å². The molecule has 0 bridgehead atoms. The van der Waals surface area contributed by atoms with Crippen molar-refractivity contribution in [2.45, 2.75) is 59.0 Å². The minimum Gasteiger partial charge on any atom is -0.481 e. The van der Waals surface area contributed by atoms with E-state index < -0.39 is 6.10 Å². The van der Waals surface area contributed by atoms with Gasteiger partial charge in [0.2, 0.25) is 0 Å². The largest absolute Gasteiger partial charge is 0.481 e. The fourth-order valence-electron chi connectivity index (χ4n) is 3.48. The van der Waals surface area contributed by atoms with Crippen molar-refractivity contribution in [1.82, 2.24) is 0 Å². The molecule has 5 heteroatoms. The Kier molecular flexibility index (Phi) is 6.18. The van der Waals surface area contributed by atoms with Crippen molar-refractivity contribution < 1.29 is 9.53 Å². The van der Waals surface area contributed by atoms with Gasteiger partial charge in [-0.2, -0.15) is 5.26 Å². The van der Waals surface area contributed by atoms with Crippen molar-refractivity contribution in [3.8, 4) is 11.8 Å². The number of thiophene rings is 1. The van der Waals surface area contributed by atoms with E-state index in [2.05, 4.69) is 25.2 Å². The third kappa shape index (κ3) is 4.33. The number of nitriles is 1. The minimum absolute atomic E-state index is 0.225. The molecule has 142 valence electrons. The quantitative estimate of drug-likeness (QED) is 0.756. The highest BCUT2D eigenvalue weighted by Crippen LogP contribution is 2.40. The zero-order chi connectivity index (χ0) is 19.4. The first kappa shape index (κ1) is 19.4. The molecule has 1 aliphatic rings. The number of carbonyl (C=O) groups excluding carboxylic acids is 1. The van der Waals surface area contributed by atoms with Gasteiger partial charge in [0, 0.05) is 4.88 Å². The minimum atomic E-state index is -0.633. The van der Waals surface area contributed by atoms with E-state index in [0.29, 0.717) is 22.2 Å². The van der Waals surface area contributed by atoms with Crippen LogP contribution in [0.1, 0.15) is 55.2 Å². The van der Waals surface area contributed by atoms with Gasteiger partial charge in [-0.15, -0.1) is 11.3 Å². The van der Waals surface area contributed by atoms with Crippen LogP contribution in [0, 0.1) is 17.2 Å². The summed E-state index contributed by atoms with van der Waals surface area (Å²) >= 11 is 1.55. The lowest BCUT2D eigenvalue weighted by Crippen LogP contribution is -2.30. The Balaban J connectivity index is 1.70. The number of fused-ring (bicyclic) bond motifs is 1. The van der Waals surface area contributed by atoms with Crippen molar-refractivity contribution >= 4 is 22.2 Å². The highest BCUT2D eigenvalue weighted by Gasteiger charge is 2.26. The molecule has 1 heterocycles. The number of rotatable bonds is 6. The summed E-state index contributed by atoms with van der Waals surface area (Å²) in [5.74, 6) is 1.13. The maximum Gasteiger partial charge on any atom is 0.265 e. The van der Waals surface area contributed by atoms with E-state index in [1.54, 1.807) is 18.3 Å². The lowest BCUT2D eigenvalue weighted by molar-refractivity contribution is -0.122.